The number of carbonyl (C=O) groups is 3. The van der Waals surface area contributed by atoms with Crippen LogP contribution in [0, 0.1) is 41.4 Å². The van der Waals surface area contributed by atoms with Crippen LogP contribution in [0.15, 0.2) is 0 Å². The molecular formula is C33H65N3O6. The van der Waals surface area contributed by atoms with E-state index in [4.69, 9.17) is 32.5 Å². The Morgan fingerprint density at radius 3 is 0.952 bits per heavy atom. The summed E-state index contributed by atoms with van der Waals surface area (Å²) in [4.78, 5) is 30.3. The van der Waals surface area contributed by atoms with Gasteiger partial charge in [-0.1, -0.05) is 80.1 Å². The van der Waals surface area contributed by atoms with Gasteiger partial charge in [-0.25, -0.2) is 0 Å². The zero-order chi connectivity index (χ0) is 32.4. The molecule has 6 atom stereocenters. The molecule has 0 aliphatic heterocycles. The summed E-state index contributed by atoms with van der Waals surface area (Å²) in [7, 11) is 0. The summed E-state index contributed by atoms with van der Waals surface area (Å²) in [5.41, 5.74) is 17.6. The molecule has 3 saturated carbocycles. The molecule has 248 valence electrons. The lowest BCUT2D eigenvalue weighted by atomic mass is 9.80. The van der Waals surface area contributed by atoms with Gasteiger partial charge in [-0.05, 0) is 74.0 Å². The fraction of sp³-hybridized carbons (Fsp3) is 0.909. The lowest BCUT2D eigenvalue weighted by Crippen LogP contribution is -2.29. The van der Waals surface area contributed by atoms with Gasteiger partial charge >= 0.3 is 17.9 Å². The third kappa shape index (κ3) is 19.5. The van der Waals surface area contributed by atoms with E-state index in [2.05, 4.69) is 41.5 Å². The van der Waals surface area contributed by atoms with Crippen LogP contribution in [0.5, 0.6) is 0 Å². The van der Waals surface area contributed by atoms with Gasteiger partial charge in [0.05, 0.1) is 18.8 Å². The zero-order valence-corrected chi connectivity index (χ0v) is 27.5. The number of hydrogen-bond donors (Lipinski definition) is 6. The van der Waals surface area contributed by atoms with Gasteiger partial charge in [0.25, 0.3) is 0 Å². The lowest BCUT2D eigenvalue weighted by Gasteiger charge is -2.29. The fourth-order valence-electron chi connectivity index (χ4n) is 6.29. The summed E-state index contributed by atoms with van der Waals surface area (Å²) in [6.07, 6.45) is 14.5. The van der Waals surface area contributed by atoms with E-state index in [-0.39, 0.29) is 0 Å². The molecule has 0 bridgehead atoms. The Morgan fingerprint density at radius 1 is 0.548 bits per heavy atom. The van der Waals surface area contributed by atoms with E-state index < -0.39 is 36.7 Å². The summed E-state index contributed by atoms with van der Waals surface area (Å²) in [6, 6.07) is 1.50. The van der Waals surface area contributed by atoms with Crippen LogP contribution in [0.2, 0.25) is 0 Å². The van der Waals surface area contributed by atoms with E-state index in [1.54, 1.807) is 0 Å². The molecule has 3 rings (SSSR count). The highest BCUT2D eigenvalue weighted by atomic mass is 16.4. The molecule has 0 aromatic rings. The average molecular weight is 600 g/mol. The van der Waals surface area contributed by atoms with Crippen LogP contribution in [-0.2, 0) is 14.4 Å². The first-order valence-electron chi connectivity index (χ1n) is 16.5. The molecule has 9 nitrogen and oxygen atoms in total. The second-order valence-electron chi connectivity index (χ2n) is 14.0. The molecule has 3 aliphatic carbocycles. The molecule has 0 saturated heterocycles. The van der Waals surface area contributed by atoms with Crippen molar-refractivity contribution in [2.45, 2.75) is 150 Å². The molecule has 0 spiro atoms. The molecule has 0 aromatic carbocycles. The number of carboxylic acids is 3. The molecule has 0 aromatic heterocycles. The number of aliphatic carboxylic acids is 3. The molecule has 9 heteroatoms. The van der Waals surface area contributed by atoms with Crippen molar-refractivity contribution in [3.63, 3.8) is 0 Å². The number of rotatable bonds is 8. The second kappa shape index (κ2) is 21.9. The van der Waals surface area contributed by atoms with Crippen LogP contribution in [0.25, 0.3) is 0 Å². The van der Waals surface area contributed by atoms with E-state index in [0.29, 0.717) is 18.1 Å². The van der Waals surface area contributed by atoms with Gasteiger partial charge in [0.15, 0.2) is 0 Å². The first-order valence-corrected chi connectivity index (χ1v) is 16.5. The molecule has 0 radical (unpaired) electrons. The summed E-state index contributed by atoms with van der Waals surface area (Å²) in [6.45, 7) is 13.8. The van der Waals surface area contributed by atoms with Gasteiger partial charge in [-0.3, -0.25) is 14.4 Å². The van der Waals surface area contributed by atoms with Crippen LogP contribution in [0.3, 0.4) is 0 Å². The lowest BCUT2D eigenvalue weighted by molar-refractivity contribution is -0.152. The van der Waals surface area contributed by atoms with E-state index in [1.807, 2.05) is 0 Å². The Labute approximate surface area is 255 Å². The maximum absolute atomic E-state index is 10.2. The summed E-state index contributed by atoms with van der Waals surface area (Å²) < 4.78 is 0. The monoisotopic (exact) mass is 599 g/mol. The predicted octanol–water partition coefficient (Wildman–Crippen LogP) is 6.12. The maximum Gasteiger partial charge on any atom is 0.307 e. The predicted molar refractivity (Wildman–Crippen MR) is 170 cm³/mol. The zero-order valence-electron chi connectivity index (χ0n) is 27.5. The number of hydrogen-bond acceptors (Lipinski definition) is 6. The molecule has 9 N–H and O–H groups in total. The molecule has 3 aliphatic rings. The minimum atomic E-state index is -1.40. The van der Waals surface area contributed by atoms with Crippen LogP contribution >= 0.6 is 0 Å². The van der Waals surface area contributed by atoms with Crippen molar-refractivity contribution >= 4 is 17.9 Å². The standard InChI is InChI=1S/3C9H19N.C6H8O6/c3*1-7(2)8-4-3-5-9(10)6-8;7-4(8)1-3(6(11)12)2-5(9)10/h3*7-9H,3-6,10H2,1-2H3;3H,1-2H2,(H,7,8)(H,9,10)(H,11,12). The van der Waals surface area contributed by atoms with Crippen LogP contribution in [-0.4, -0.2) is 51.4 Å². The molecule has 3 fully saturated rings. The Hall–Kier alpha value is -1.71. The van der Waals surface area contributed by atoms with Crippen LogP contribution in [0.4, 0.5) is 0 Å². The smallest absolute Gasteiger partial charge is 0.307 e. The van der Waals surface area contributed by atoms with Gasteiger partial charge in [0.2, 0.25) is 0 Å². The topological polar surface area (TPSA) is 190 Å². The number of carboxylic acid groups (broad SMARTS) is 3. The van der Waals surface area contributed by atoms with Gasteiger partial charge < -0.3 is 32.5 Å². The summed E-state index contributed by atoms with van der Waals surface area (Å²) in [5, 5.41) is 24.7. The quantitative estimate of drug-likeness (QED) is 0.191. The highest BCUT2D eigenvalue weighted by Gasteiger charge is 2.24. The van der Waals surface area contributed by atoms with Crippen molar-refractivity contribution in [1.82, 2.24) is 0 Å². The summed E-state index contributed by atoms with van der Waals surface area (Å²) >= 11 is 0. The highest BCUT2D eigenvalue weighted by molar-refractivity contribution is 5.82. The minimum Gasteiger partial charge on any atom is -0.481 e. The van der Waals surface area contributed by atoms with Crippen LogP contribution < -0.4 is 17.2 Å². The van der Waals surface area contributed by atoms with Crippen LogP contribution in [0.1, 0.15) is 131 Å². The summed E-state index contributed by atoms with van der Waals surface area (Å²) in [5.74, 6) is -0.146. The van der Waals surface area contributed by atoms with E-state index in [0.717, 1.165) is 35.5 Å². The molecule has 0 amide bonds. The van der Waals surface area contributed by atoms with Gasteiger partial charge in [0.1, 0.15) is 0 Å². The first kappa shape index (κ1) is 40.3. The Kier molecular flexibility index (Phi) is 21.0. The van der Waals surface area contributed by atoms with Crippen molar-refractivity contribution in [3.8, 4) is 0 Å². The van der Waals surface area contributed by atoms with Crippen molar-refractivity contribution < 1.29 is 29.7 Å². The Bertz CT molecular complexity index is 682. The van der Waals surface area contributed by atoms with Gasteiger partial charge in [-0.2, -0.15) is 0 Å². The van der Waals surface area contributed by atoms with Crippen molar-refractivity contribution in [3.05, 3.63) is 0 Å². The van der Waals surface area contributed by atoms with Crippen molar-refractivity contribution in [1.29, 1.82) is 0 Å². The SMILES string of the molecule is CC(C)C1CCCC(N)C1.CC(C)C1CCCC(N)C1.CC(C)C1CCCC(N)C1.O=C(O)CC(CC(=O)O)C(=O)O. The van der Waals surface area contributed by atoms with Crippen molar-refractivity contribution in [2.24, 2.45) is 58.6 Å². The second-order valence-corrected chi connectivity index (χ2v) is 14.0. The largest absolute Gasteiger partial charge is 0.481 e. The van der Waals surface area contributed by atoms with E-state index in [9.17, 15) is 14.4 Å². The van der Waals surface area contributed by atoms with E-state index in [1.165, 1.54) is 77.0 Å². The van der Waals surface area contributed by atoms with Gasteiger partial charge in [0, 0.05) is 18.1 Å². The normalized spacial score (nSPS) is 27.6. The minimum absolute atomic E-state index is 0.501. The van der Waals surface area contributed by atoms with Gasteiger partial charge in [-0.15, -0.1) is 0 Å². The first-order chi connectivity index (χ1) is 19.5. The molecule has 42 heavy (non-hydrogen) atoms. The Morgan fingerprint density at radius 2 is 0.810 bits per heavy atom. The third-order valence-corrected chi connectivity index (χ3v) is 9.29. The molecule has 0 heterocycles. The molecule has 6 unspecified atom stereocenters. The fourth-order valence-corrected chi connectivity index (χ4v) is 6.29. The molecular weight excluding hydrogens is 534 g/mol. The Balaban J connectivity index is 0.000000535. The average Bonchev–Trinajstić information content (AvgIpc) is 2.89. The number of nitrogens with two attached hydrogens (primary N) is 3. The maximum atomic E-state index is 10.2. The van der Waals surface area contributed by atoms with Crippen molar-refractivity contribution in [2.75, 3.05) is 0 Å². The van der Waals surface area contributed by atoms with E-state index >= 15 is 0 Å². The highest BCUT2D eigenvalue weighted by Crippen LogP contribution is 2.30. The third-order valence-electron chi connectivity index (χ3n) is 9.29.